The molecule has 1 saturated heterocycles. The van der Waals surface area contributed by atoms with Crippen LogP contribution in [0.4, 0.5) is 15.8 Å². The molecule has 2 N–H and O–H groups in total. The molecule has 1 unspecified atom stereocenters. The monoisotopic (exact) mass is 466 g/mol. The topological polar surface area (TPSA) is 87.0 Å². The summed E-state index contributed by atoms with van der Waals surface area (Å²) in [6, 6.07) is 16.8. The highest BCUT2D eigenvalue weighted by Gasteiger charge is 2.28. The third-order valence-corrected chi connectivity index (χ3v) is 5.84. The molecule has 2 aromatic carbocycles. The quantitative estimate of drug-likeness (QED) is 0.521. The Labute approximate surface area is 197 Å². The SMILES string of the molecule is COc1ccccc1NC(=O)C(=O)NCC(c1ccco1)N1CCN(c2ccc(F)cc2)CC1. The predicted octanol–water partition coefficient (Wildman–Crippen LogP) is 3.05. The van der Waals surface area contributed by atoms with Gasteiger partial charge in [-0.2, -0.15) is 0 Å². The number of rotatable bonds is 7. The van der Waals surface area contributed by atoms with E-state index in [1.54, 1.807) is 48.7 Å². The van der Waals surface area contributed by atoms with E-state index < -0.39 is 11.8 Å². The molecule has 9 heteroatoms. The molecule has 1 fully saturated rings. The van der Waals surface area contributed by atoms with E-state index in [9.17, 15) is 14.0 Å². The molecule has 1 aliphatic rings. The largest absolute Gasteiger partial charge is 0.495 e. The highest BCUT2D eigenvalue weighted by Crippen LogP contribution is 2.25. The second-order valence-electron chi connectivity index (χ2n) is 7.90. The molecule has 178 valence electrons. The molecule has 2 amide bonds. The van der Waals surface area contributed by atoms with Crippen molar-refractivity contribution < 1.29 is 23.1 Å². The van der Waals surface area contributed by atoms with Crippen LogP contribution in [0.2, 0.25) is 0 Å². The maximum absolute atomic E-state index is 13.2. The van der Waals surface area contributed by atoms with Crippen LogP contribution < -0.4 is 20.3 Å². The maximum atomic E-state index is 13.2. The molecule has 3 aromatic rings. The van der Waals surface area contributed by atoms with E-state index in [-0.39, 0.29) is 18.4 Å². The highest BCUT2D eigenvalue weighted by molar-refractivity contribution is 6.39. The van der Waals surface area contributed by atoms with E-state index in [1.807, 2.05) is 6.07 Å². The predicted molar refractivity (Wildman–Crippen MR) is 126 cm³/mol. The molecule has 1 aromatic heterocycles. The third kappa shape index (κ3) is 5.55. The number of carbonyl (C=O) groups excluding carboxylic acids is 2. The second-order valence-corrected chi connectivity index (χ2v) is 7.90. The first-order valence-electron chi connectivity index (χ1n) is 11.1. The van der Waals surface area contributed by atoms with Crippen molar-refractivity contribution in [3.8, 4) is 5.75 Å². The molecule has 0 aliphatic carbocycles. The van der Waals surface area contributed by atoms with Crippen LogP contribution >= 0.6 is 0 Å². The number of hydrogen-bond donors (Lipinski definition) is 2. The zero-order chi connectivity index (χ0) is 23.9. The lowest BCUT2D eigenvalue weighted by Gasteiger charge is -2.39. The Bertz CT molecular complexity index is 1100. The summed E-state index contributed by atoms with van der Waals surface area (Å²) in [6.45, 7) is 3.12. The number of hydrogen-bond acceptors (Lipinski definition) is 6. The van der Waals surface area contributed by atoms with E-state index in [0.717, 1.165) is 18.8 Å². The maximum Gasteiger partial charge on any atom is 0.313 e. The van der Waals surface area contributed by atoms with E-state index in [0.29, 0.717) is 30.3 Å². The van der Waals surface area contributed by atoms with Crippen LogP contribution in [-0.4, -0.2) is 56.5 Å². The molecule has 0 bridgehead atoms. The van der Waals surface area contributed by atoms with Crippen molar-refractivity contribution in [2.24, 2.45) is 0 Å². The Morgan fingerprint density at radius 3 is 2.41 bits per heavy atom. The average molecular weight is 467 g/mol. The number of anilines is 2. The van der Waals surface area contributed by atoms with Gasteiger partial charge in [0.05, 0.1) is 25.1 Å². The second kappa shape index (κ2) is 10.8. The van der Waals surface area contributed by atoms with Gasteiger partial charge in [0.25, 0.3) is 0 Å². The summed E-state index contributed by atoms with van der Waals surface area (Å²) in [5, 5.41) is 5.31. The summed E-state index contributed by atoms with van der Waals surface area (Å²) in [4.78, 5) is 29.3. The number of halogens is 1. The first kappa shape index (κ1) is 23.3. The van der Waals surface area contributed by atoms with Gasteiger partial charge >= 0.3 is 11.8 Å². The van der Waals surface area contributed by atoms with Crippen molar-refractivity contribution in [2.75, 3.05) is 50.1 Å². The van der Waals surface area contributed by atoms with E-state index in [1.165, 1.54) is 19.2 Å². The smallest absolute Gasteiger partial charge is 0.313 e. The van der Waals surface area contributed by atoms with Crippen LogP contribution in [0.25, 0.3) is 0 Å². The minimum atomic E-state index is -0.774. The number of nitrogens with one attached hydrogen (secondary N) is 2. The van der Waals surface area contributed by atoms with Crippen LogP contribution in [0, 0.1) is 5.82 Å². The number of para-hydroxylation sites is 2. The van der Waals surface area contributed by atoms with Crippen molar-refractivity contribution in [3.05, 3.63) is 78.5 Å². The molecule has 34 heavy (non-hydrogen) atoms. The zero-order valence-electron chi connectivity index (χ0n) is 18.9. The lowest BCUT2D eigenvalue weighted by Crippen LogP contribution is -2.50. The van der Waals surface area contributed by atoms with Crippen molar-refractivity contribution in [2.45, 2.75) is 6.04 Å². The van der Waals surface area contributed by atoms with Gasteiger partial charge in [-0.05, 0) is 48.5 Å². The van der Waals surface area contributed by atoms with Gasteiger partial charge in [-0.25, -0.2) is 4.39 Å². The molecule has 0 radical (unpaired) electrons. The van der Waals surface area contributed by atoms with Crippen LogP contribution in [0.1, 0.15) is 11.8 Å². The first-order valence-corrected chi connectivity index (χ1v) is 11.1. The minimum absolute atomic E-state index is 0.211. The number of ether oxygens (including phenoxy) is 1. The number of carbonyl (C=O) groups is 2. The Hall–Kier alpha value is -3.85. The number of nitrogens with zero attached hydrogens (tertiary/aromatic N) is 2. The third-order valence-electron chi connectivity index (χ3n) is 5.84. The number of benzene rings is 2. The molecule has 1 aliphatic heterocycles. The average Bonchev–Trinajstić information content (AvgIpc) is 3.40. The normalized spacial score (nSPS) is 14.9. The molecule has 8 nitrogen and oxygen atoms in total. The Balaban J connectivity index is 1.36. The van der Waals surface area contributed by atoms with Gasteiger partial charge in [-0.1, -0.05) is 12.1 Å². The van der Waals surface area contributed by atoms with Crippen LogP contribution in [-0.2, 0) is 9.59 Å². The van der Waals surface area contributed by atoms with Crippen molar-refractivity contribution in [1.82, 2.24) is 10.2 Å². The summed E-state index contributed by atoms with van der Waals surface area (Å²) in [6.07, 6.45) is 1.59. The number of amides is 2. The molecular weight excluding hydrogens is 439 g/mol. The van der Waals surface area contributed by atoms with Crippen molar-refractivity contribution in [1.29, 1.82) is 0 Å². The van der Waals surface area contributed by atoms with Crippen LogP contribution in [0.15, 0.2) is 71.3 Å². The molecule has 2 heterocycles. The van der Waals surface area contributed by atoms with Crippen molar-refractivity contribution >= 4 is 23.2 Å². The first-order chi connectivity index (χ1) is 16.5. The number of methoxy groups -OCH3 is 1. The molecule has 4 rings (SSSR count). The van der Waals surface area contributed by atoms with Gasteiger partial charge in [0.2, 0.25) is 0 Å². The van der Waals surface area contributed by atoms with Gasteiger partial charge in [0, 0.05) is 38.4 Å². The standard InChI is InChI=1S/C25H27FN4O4/c1-33-22-6-3-2-5-20(22)28-25(32)24(31)27-17-21(23-7-4-16-34-23)30-14-12-29(13-15-30)19-10-8-18(26)9-11-19/h2-11,16,21H,12-15,17H2,1H3,(H,27,31)(H,28,32). The van der Waals surface area contributed by atoms with Gasteiger partial charge in [0.1, 0.15) is 17.3 Å². The summed E-state index contributed by atoms with van der Waals surface area (Å²) in [5.74, 6) is -0.598. The van der Waals surface area contributed by atoms with E-state index in [2.05, 4.69) is 20.4 Å². The summed E-state index contributed by atoms with van der Waals surface area (Å²) >= 11 is 0. The molecule has 1 atom stereocenters. The minimum Gasteiger partial charge on any atom is -0.495 e. The fourth-order valence-corrected chi connectivity index (χ4v) is 4.03. The Morgan fingerprint density at radius 1 is 1.00 bits per heavy atom. The lowest BCUT2D eigenvalue weighted by molar-refractivity contribution is -0.136. The van der Waals surface area contributed by atoms with Crippen LogP contribution in [0.5, 0.6) is 5.75 Å². The van der Waals surface area contributed by atoms with Crippen LogP contribution in [0.3, 0.4) is 0 Å². The van der Waals surface area contributed by atoms with Gasteiger partial charge in [-0.3, -0.25) is 14.5 Å². The Morgan fingerprint density at radius 2 is 1.74 bits per heavy atom. The lowest BCUT2D eigenvalue weighted by atomic mass is 10.1. The van der Waals surface area contributed by atoms with Gasteiger partial charge < -0.3 is 24.7 Å². The summed E-state index contributed by atoms with van der Waals surface area (Å²) in [5.41, 5.74) is 1.39. The van der Waals surface area contributed by atoms with E-state index >= 15 is 0 Å². The summed E-state index contributed by atoms with van der Waals surface area (Å²) < 4.78 is 24.1. The molecule has 0 saturated carbocycles. The highest BCUT2D eigenvalue weighted by atomic mass is 19.1. The fraction of sp³-hybridized carbons (Fsp3) is 0.280. The summed E-state index contributed by atoms with van der Waals surface area (Å²) in [7, 11) is 1.49. The number of piperazine rings is 1. The molecular formula is C25H27FN4O4. The van der Waals surface area contributed by atoms with Crippen molar-refractivity contribution in [3.63, 3.8) is 0 Å². The van der Waals surface area contributed by atoms with E-state index in [4.69, 9.17) is 9.15 Å². The molecule has 0 spiro atoms. The number of furan rings is 1. The zero-order valence-corrected chi connectivity index (χ0v) is 18.9. The fourth-order valence-electron chi connectivity index (χ4n) is 4.03. The van der Waals surface area contributed by atoms with Gasteiger partial charge in [0.15, 0.2) is 0 Å². The Kier molecular flexibility index (Phi) is 7.44. The van der Waals surface area contributed by atoms with Gasteiger partial charge in [-0.15, -0.1) is 0 Å².